The number of ether oxygens (including phenoxy) is 1. The predicted molar refractivity (Wildman–Crippen MR) is 116 cm³/mol. The van der Waals surface area contributed by atoms with Crippen LogP contribution in [0.5, 0.6) is 0 Å². The number of nitrogens with zero attached hydrogens (tertiary/aromatic N) is 1. The van der Waals surface area contributed by atoms with Gasteiger partial charge in [-0.2, -0.15) is 0 Å². The Balaban J connectivity index is 0.00000364. The summed E-state index contributed by atoms with van der Waals surface area (Å²) in [4.78, 5) is 15.6. The minimum atomic E-state index is -0.336. The minimum Gasteiger partial charge on any atom is -0.465 e. The fraction of sp³-hybridized carbons (Fsp3) is 0.300. The molecule has 2 aromatic carbocycles. The topological polar surface area (TPSA) is 62.7 Å². The number of esters is 1. The van der Waals surface area contributed by atoms with E-state index in [1.165, 1.54) is 19.2 Å². The summed E-state index contributed by atoms with van der Waals surface area (Å²) < 4.78 is 17.8. The van der Waals surface area contributed by atoms with Crippen molar-refractivity contribution in [2.24, 2.45) is 4.99 Å². The summed E-state index contributed by atoms with van der Waals surface area (Å²) in [5.41, 5.74) is 2.60. The summed E-state index contributed by atoms with van der Waals surface area (Å²) in [6.07, 6.45) is 1.51. The number of carbonyl (C=O) groups excluding carboxylic acids is 1. The van der Waals surface area contributed by atoms with Crippen molar-refractivity contribution in [1.29, 1.82) is 0 Å². The molecule has 2 rings (SSSR count). The van der Waals surface area contributed by atoms with E-state index in [9.17, 15) is 9.18 Å². The van der Waals surface area contributed by atoms with E-state index in [1.54, 1.807) is 25.2 Å². The third-order valence-corrected chi connectivity index (χ3v) is 3.90. The Labute approximate surface area is 176 Å². The Morgan fingerprint density at radius 1 is 1.04 bits per heavy atom. The quantitative estimate of drug-likeness (QED) is 0.274. The molecular formula is C20H25FIN3O2. The number of methoxy groups -OCH3 is 1. The van der Waals surface area contributed by atoms with Crippen molar-refractivity contribution in [2.75, 3.05) is 27.2 Å². The van der Waals surface area contributed by atoms with Crippen LogP contribution in [0.2, 0.25) is 0 Å². The second-order valence-electron chi connectivity index (χ2n) is 5.74. The molecule has 0 bridgehead atoms. The van der Waals surface area contributed by atoms with Crippen LogP contribution in [-0.4, -0.2) is 39.2 Å². The molecule has 0 saturated carbocycles. The number of aliphatic imine (C=N–C) groups is 1. The largest absolute Gasteiger partial charge is 0.465 e. The van der Waals surface area contributed by atoms with Crippen LogP contribution in [0.3, 0.4) is 0 Å². The standard InChI is InChI=1S/C20H24FN3O2.HI/c1-22-20(24-13-11-16-4-3-5-18(21)14-16)23-12-10-15-6-8-17(9-7-15)19(25)26-2;/h3-9,14H,10-13H2,1-2H3,(H2,22,23,24);1H. The number of hydrogen-bond acceptors (Lipinski definition) is 3. The first-order valence-electron chi connectivity index (χ1n) is 8.48. The molecule has 7 heteroatoms. The predicted octanol–water partition coefficient (Wildman–Crippen LogP) is 3.18. The van der Waals surface area contributed by atoms with Crippen LogP contribution in [0.15, 0.2) is 53.5 Å². The van der Waals surface area contributed by atoms with Gasteiger partial charge in [0.05, 0.1) is 12.7 Å². The zero-order valence-electron chi connectivity index (χ0n) is 15.5. The monoisotopic (exact) mass is 485 g/mol. The van der Waals surface area contributed by atoms with E-state index >= 15 is 0 Å². The molecule has 0 aliphatic carbocycles. The lowest BCUT2D eigenvalue weighted by molar-refractivity contribution is 0.0600. The maximum atomic E-state index is 13.2. The molecule has 2 aromatic rings. The van der Waals surface area contributed by atoms with Crippen molar-refractivity contribution in [1.82, 2.24) is 10.6 Å². The van der Waals surface area contributed by atoms with Crippen LogP contribution in [0.25, 0.3) is 0 Å². The lowest BCUT2D eigenvalue weighted by atomic mass is 10.1. The molecule has 146 valence electrons. The molecule has 0 fully saturated rings. The number of rotatable bonds is 7. The van der Waals surface area contributed by atoms with Crippen molar-refractivity contribution in [2.45, 2.75) is 12.8 Å². The van der Waals surface area contributed by atoms with Gasteiger partial charge in [-0.05, 0) is 48.2 Å². The van der Waals surface area contributed by atoms with Gasteiger partial charge < -0.3 is 15.4 Å². The number of nitrogens with one attached hydrogen (secondary N) is 2. The Morgan fingerprint density at radius 2 is 1.67 bits per heavy atom. The lowest BCUT2D eigenvalue weighted by Crippen LogP contribution is -2.39. The highest BCUT2D eigenvalue weighted by molar-refractivity contribution is 14.0. The Kier molecular flexibility index (Phi) is 10.4. The summed E-state index contributed by atoms with van der Waals surface area (Å²) in [6.45, 7) is 1.37. The first-order valence-corrected chi connectivity index (χ1v) is 8.48. The molecule has 0 saturated heterocycles. The Hall–Kier alpha value is -2.16. The highest BCUT2D eigenvalue weighted by Crippen LogP contribution is 2.06. The van der Waals surface area contributed by atoms with Gasteiger partial charge in [-0.15, -0.1) is 24.0 Å². The van der Waals surface area contributed by atoms with Crippen molar-refractivity contribution >= 4 is 35.9 Å². The van der Waals surface area contributed by atoms with Crippen LogP contribution in [0, 0.1) is 5.82 Å². The maximum absolute atomic E-state index is 13.2. The Bertz CT molecular complexity index is 751. The third-order valence-electron chi connectivity index (χ3n) is 3.90. The summed E-state index contributed by atoms with van der Waals surface area (Å²) in [5.74, 6) is 0.147. The van der Waals surface area contributed by atoms with Crippen LogP contribution in [0.1, 0.15) is 21.5 Å². The fourth-order valence-electron chi connectivity index (χ4n) is 2.49. The normalized spacial score (nSPS) is 10.7. The van der Waals surface area contributed by atoms with Crippen LogP contribution in [0.4, 0.5) is 4.39 Å². The van der Waals surface area contributed by atoms with Crippen LogP contribution >= 0.6 is 24.0 Å². The van der Waals surface area contributed by atoms with Gasteiger partial charge in [0.15, 0.2) is 5.96 Å². The molecule has 0 aliphatic heterocycles. The molecule has 2 N–H and O–H groups in total. The highest BCUT2D eigenvalue weighted by atomic mass is 127. The smallest absolute Gasteiger partial charge is 0.337 e. The van der Waals surface area contributed by atoms with Crippen molar-refractivity contribution in [3.8, 4) is 0 Å². The van der Waals surface area contributed by atoms with Gasteiger partial charge in [0, 0.05) is 20.1 Å². The number of guanidine groups is 1. The van der Waals surface area contributed by atoms with Gasteiger partial charge in [-0.1, -0.05) is 24.3 Å². The van der Waals surface area contributed by atoms with Gasteiger partial charge in [0.25, 0.3) is 0 Å². The fourth-order valence-corrected chi connectivity index (χ4v) is 2.49. The molecule has 0 unspecified atom stereocenters. The van der Waals surface area contributed by atoms with Gasteiger partial charge in [0.1, 0.15) is 5.82 Å². The summed E-state index contributed by atoms with van der Waals surface area (Å²) in [6, 6.07) is 13.9. The van der Waals surface area contributed by atoms with E-state index in [0.717, 1.165) is 17.5 Å². The highest BCUT2D eigenvalue weighted by Gasteiger charge is 2.04. The number of halogens is 2. The second kappa shape index (κ2) is 12.3. The lowest BCUT2D eigenvalue weighted by Gasteiger charge is -2.12. The van der Waals surface area contributed by atoms with Crippen LogP contribution < -0.4 is 10.6 Å². The first-order chi connectivity index (χ1) is 12.6. The second-order valence-corrected chi connectivity index (χ2v) is 5.74. The molecule has 27 heavy (non-hydrogen) atoms. The minimum absolute atomic E-state index is 0. The summed E-state index contributed by atoms with van der Waals surface area (Å²) in [5, 5.41) is 6.45. The molecule has 5 nitrogen and oxygen atoms in total. The van der Waals surface area contributed by atoms with Gasteiger partial charge in [-0.3, -0.25) is 4.99 Å². The third kappa shape index (κ3) is 7.94. The Morgan fingerprint density at radius 3 is 2.22 bits per heavy atom. The zero-order chi connectivity index (χ0) is 18.8. The average Bonchev–Trinajstić information content (AvgIpc) is 2.66. The van der Waals surface area contributed by atoms with E-state index in [1.807, 2.05) is 18.2 Å². The molecule has 0 spiro atoms. The van der Waals surface area contributed by atoms with E-state index in [0.29, 0.717) is 31.0 Å². The van der Waals surface area contributed by atoms with E-state index in [2.05, 4.69) is 20.4 Å². The molecule has 0 amide bonds. The van der Waals surface area contributed by atoms with Crippen molar-refractivity contribution in [3.05, 3.63) is 71.0 Å². The van der Waals surface area contributed by atoms with Gasteiger partial charge in [-0.25, -0.2) is 9.18 Å². The van der Waals surface area contributed by atoms with Gasteiger partial charge >= 0.3 is 5.97 Å². The number of hydrogen-bond donors (Lipinski definition) is 2. The summed E-state index contributed by atoms with van der Waals surface area (Å²) in [7, 11) is 3.08. The molecule has 0 radical (unpaired) electrons. The molecule has 0 atom stereocenters. The average molecular weight is 485 g/mol. The van der Waals surface area contributed by atoms with E-state index in [-0.39, 0.29) is 35.8 Å². The maximum Gasteiger partial charge on any atom is 0.337 e. The van der Waals surface area contributed by atoms with E-state index < -0.39 is 0 Å². The first kappa shape index (κ1) is 22.9. The number of carbonyl (C=O) groups is 1. The number of benzene rings is 2. The van der Waals surface area contributed by atoms with Crippen LogP contribution in [-0.2, 0) is 17.6 Å². The van der Waals surface area contributed by atoms with Crippen molar-refractivity contribution < 1.29 is 13.9 Å². The van der Waals surface area contributed by atoms with Gasteiger partial charge in [0.2, 0.25) is 0 Å². The molecule has 0 heterocycles. The molecule has 0 aliphatic rings. The molecular weight excluding hydrogens is 460 g/mol. The van der Waals surface area contributed by atoms with E-state index in [4.69, 9.17) is 0 Å². The summed E-state index contributed by atoms with van der Waals surface area (Å²) >= 11 is 0. The molecule has 0 aromatic heterocycles. The zero-order valence-corrected chi connectivity index (χ0v) is 17.8. The SMILES string of the molecule is CN=C(NCCc1ccc(C(=O)OC)cc1)NCCc1cccc(F)c1.I. The van der Waals surface area contributed by atoms with Crippen molar-refractivity contribution in [3.63, 3.8) is 0 Å².